The molecule has 2 heterocycles. The smallest absolute Gasteiger partial charge is 0.300 e. The third-order valence-electron chi connectivity index (χ3n) is 3.52. The number of pyridine rings is 1. The highest BCUT2D eigenvalue weighted by Crippen LogP contribution is 2.35. The summed E-state index contributed by atoms with van der Waals surface area (Å²) in [6.45, 7) is 1.23. The number of carbonyl (C=O) groups is 2. The fourth-order valence-electron chi connectivity index (χ4n) is 2.45. The Morgan fingerprint density at radius 1 is 1.20 bits per heavy atom. The Morgan fingerprint density at radius 3 is 2.48 bits per heavy atom. The molecule has 0 saturated carbocycles. The third-order valence-corrected chi connectivity index (χ3v) is 4.08. The highest BCUT2D eigenvalue weighted by atomic mass is 35.5. The van der Waals surface area contributed by atoms with Crippen molar-refractivity contribution < 1.29 is 18.7 Å². The zero-order valence-corrected chi connectivity index (χ0v) is 14.8. The second kappa shape index (κ2) is 6.74. The van der Waals surface area contributed by atoms with Crippen LogP contribution in [0.15, 0.2) is 41.1 Å². The minimum absolute atomic E-state index is 0.0429. The summed E-state index contributed by atoms with van der Waals surface area (Å²) >= 11 is 12.2. The summed E-state index contributed by atoms with van der Waals surface area (Å²) in [7, 11) is 1.52. The monoisotopic (exact) mass is 378 g/mol. The van der Waals surface area contributed by atoms with Crippen molar-refractivity contribution in [2.45, 2.75) is 6.92 Å². The molecule has 0 saturated heterocycles. The average Bonchev–Trinajstić information content (AvgIpc) is 3.01. The normalized spacial score (nSPS) is 10.7. The van der Waals surface area contributed by atoms with Crippen molar-refractivity contribution in [3.63, 3.8) is 0 Å². The van der Waals surface area contributed by atoms with Crippen molar-refractivity contribution in [3.05, 3.63) is 52.5 Å². The molecule has 0 aliphatic rings. The Hall–Kier alpha value is -2.57. The Kier molecular flexibility index (Phi) is 4.65. The van der Waals surface area contributed by atoms with E-state index in [1.807, 2.05) is 0 Å². The number of methoxy groups -OCH3 is 1. The highest BCUT2D eigenvalue weighted by molar-refractivity contribution is 6.41. The molecule has 8 heteroatoms. The number of carbonyl (C=O) groups excluding carboxylic acids is 2. The third kappa shape index (κ3) is 3.06. The first kappa shape index (κ1) is 17.3. The summed E-state index contributed by atoms with van der Waals surface area (Å²) in [4.78, 5) is 29.7. The van der Waals surface area contributed by atoms with Crippen molar-refractivity contribution in [2.24, 2.45) is 0 Å². The van der Waals surface area contributed by atoms with Gasteiger partial charge in [0, 0.05) is 25.4 Å². The highest BCUT2D eigenvalue weighted by Gasteiger charge is 2.29. The fraction of sp³-hybridized carbons (Fsp3) is 0.118. The van der Waals surface area contributed by atoms with Gasteiger partial charge >= 0.3 is 5.91 Å². The maximum atomic E-state index is 12.9. The van der Waals surface area contributed by atoms with Gasteiger partial charge in [0.2, 0.25) is 5.91 Å². The quantitative estimate of drug-likeness (QED) is 0.677. The van der Waals surface area contributed by atoms with Gasteiger partial charge < -0.3 is 9.15 Å². The molecule has 0 radical (unpaired) electrons. The van der Waals surface area contributed by atoms with Crippen LogP contribution in [0.2, 0.25) is 10.0 Å². The van der Waals surface area contributed by atoms with Crippen LogP contribution in [0.25, 0.3) is 11.0 Å². The number of anilines is 1. The first-order valence-corrected chi connectivity index (χ1v) is 7.90. The van der Waals surface area contributed by atoms with Crippen LogP contribution in [-0.4, -0.2) is 23.9 Å². The number of imide groups is 1. The number of aromatic nitrogens is 1. The van der Waals surface area contributed by atoms with E-state index in [2.05, 4.69) is 4.98 Å². The molecule has 6 nitrogen and oxygen atoms in total. The van der Waals surface area contributed by atoms with E-state index >= 15 is 0 Å². The van der Waals surface area contributed by atoms with Gasteiger partial charge in [-0.25, -0.2) is 4.90 Å². The Balaban J connectivity index is 2.13. The minimum atomic E-state index is -0.694. The molecule has 0 aliphatic carbocycles. The molecule has 0 fully saturated rings. The molecule has 1 aromatic carbocycles. The number of benzene rings is 1. The van der Waals surface area contributed by atoms with Crippen molar-refractivity contribution >= 4 is 51.7 Å². The van der Waals surface area contributed by atoms with Gasteiger partial charge in [-0.1, -0.05) is 29.3 Å². The maximum absolute atomic E-state index is 12.9. The molecule has 0 spiro atoms. The Morgan fingerprint density at radius 2 is 1.88 bits per heavy atom. The van der Waals surface area contributed by atoms with E-state index in [0.29, 0.717) is 16.7 Å². The van der Waals surface area contributed by atoms with E-state index in [1.165, 1.54) is 32.5 Å². The predicted molar refractivity (Wildman–Crippen MR) is 94.5 cm³/mol. The Bertz CT molecular complexity index is 964. The van der Waals surface area contributed by atoms with Gasteiger partial charge in [0.25, 0.3) is 0 Å². The molecule has 0 bridgehead atoms. The lowest BCUT2D eigenvalue weighted by molar-refractivity contribution is -0.116. The van der Waals surface area contributed by atoms with Crippen LogP contribution in [0, 0.1) is 0 Å². The first-order chi connectivity index (χ1) is 11.9. The molecule has 2 amide bonds. The average molecular weight is 379 g/mol. The molecule has 0 unspecified atom stereocenters. The van der Waals surface area contributed by atoms with Gasteiger partial charge in [-0.3, -0.25) is 14.6 Å². The van der Waals surface area contributed by atoms with Crippen molar-refractivity contribution in [3.8, 4) is 5.75 Å². The van der Waals surface area contributed by atoms with Gasteiger partial charge in [-0.15, -0.1) is 0 Å². The number of amides is 2. The number of halogens is 2. The molecule has 0 atom stereocenters. The number of fused-ring (bicyclic) bond motifs is 1. The number of nitrogens with zero attached hydrogens (tertiary/aromatic N) is 2. The summed E-state index contributed by atoms with van der Waals surface area (Å²) in [6.07, 6.45) is 2.60. The van der Waals surface area contributed by atoms with E-state index in [4.69, 9.17) is 32.4 Å². The van der Waals surface area contributed by atoms with Crippen molar-refractivity contribution in [2.75, 3.05) is 12.0 Å². The molecule has 25 heavy (non-hydrogen) atoms. The van der Waals surface area contributed by atoms with Crippen LogP contribution in [0.3, 0.4) is 0 Å². The standard InChI is InChI=1S/C17H12Cl2N2O4/c1-9(22)21(16-11(18)7-20-8-12(16)19)17(23)15-6-10-13(24-2)4-3-5-14(10)25-15/h3-8H,1-2H3. The fourth-order valence-corrected chi connectivity index (χ4v) is 2.98. The predicted octanol–water partition coefficient (Wildman–Crippen LogP) is 4.34. The summed E-state index contributed by atoms with van der Waals surface area (Å²) in [5.41, 5.74) is 0.515. The lowest BCUT2D eigenvalue weighted by atomic mass is 10.2. The molecule has 2 aromatic heterocycles. The van der Waals surface area contributed by atoms with E-state index in [9.17, 15) is 9.59 Å². The van der Waals surface area contributed by atoms with E-state index in [0.717, 1.165) is 4.90 Å². The van der Waals surface area contributed by atoms with E-state index in [1.54, 1.807) is 18.2 Å². The van der Waals surface area contributed by atoms with Crippen molar-refractivity contribution in [1.82, 2.24) is 4.98 Å². The topological polar surface area (TPSA) is 72.6 Å². The number of furan rings is 1. The molecular weight excluding hydrogens is 367 g/mol. The largest absolute Gasteiger partial charge is 0.496 e. The molecule has 128 valence electrons. The zero-order valence-electron chi connectivity index (χ0n) is 13.2. The van der Waals surface area contributed by atoms with Gasteiger partial charge in [-0.05, 0) is 12.1 Å². The molecule has 3 rings (SSSR count). The summed E-state index contributed by atoms with van der Waals surface area (Å²) in [6, 6.07) is 6.68. The van der Waals surface area contributed by atoms with Crippen LogP contribution in [0.1, 0.15) is 17.5 Å². The molecular formula is C17H12Cl2N2O4. The van der Waals surface area contributed by atoms with Gasteiger partial charge in [-0.2, -0.15) is 0 Å². The van der Waals surface area contributed by atoms with Crippen LogP contribution in [0.4, 0.5) is 5.69 Å². The zero-order chi connectivity index (χ0) is 18.1. The van der Waals surface area contributed by atoms with E-state index < -0.39 is 11.8 Å². The van der Waals surface area contributed by atoms with Crippen LogP contribution >= 0.6 is 23.2 Å². The summed E-state index contributed by atoms with van der Waals surface area (Å²) in [5, 5.41) is 0.762. The van der Waals surface area contributed by atoms with E-state index in [-0.39, 0.29) is 21.5 Å². The molecule has 0 N–H and O–H groups in total. The lowest BCUT2D eigenvalue weighted by Gasteiger charge is -2.20. The molecule has 3 aromatic rings. The Labute approximate surface area is 152 Å². The first-order valence-electron chi connectivity index (χ1n) is 7.14. The maximum Gasteiger partial charge on any atom is 0.300 e. The van der Waals surface area contributed by atoms with Gasteiger partial charge in [0.05, 0.1) is 28.2 Å². The number of ether oxygens (including phenoxy) is 1. The number of hydrogen-bond acceptors (Lipinski definition) is 5. The second-order valence-corrected chi connectivity index (χ2v) is 5.91. The van der Waals surface area contributed by atoms with Crippen molar-refractivity contribution in [1.29, 1.82) is 0 Å². The number of rotatable bonds is 3. The second-order valence-electron chi connectivity index (χ2n) is 5.09. The van der Waals surface area contributed by atoms with Crippen LogP contribution in [-0.2, 0) is 4.79 Å². The van der Waals surface area contributed by atoms with Crippen LogP contribution in [0.5, 0.6) is 5.75 Å². The minimum Gasteiger partial charge on any atom is -0.496 e. The molecule has 0 aliphatic heterocycles. The summed E-state index contributed by atoms with van der Waals surface area (Å²) < 4.78 is 10.8. The number of hydrogen-bond donors (Lipinski definition) is 0. The SMILES string of the molecule is COc1cccc2oc(C(=O)N(C(C)=O)c3c(Cl)cncc3Cl)cc12. The van der Waals surface area contributed by atoms with Gasteiger partial charge in [0.1, 0.15) is 11.3 Å². The summed E-state index contributed by atoms with van der Waals surface area (Å²) in [5.74, 6) is -0.749. The van der Waals surface area contributed by atoms with Crippen LogP contribution < -0.4 is 9.64 Å². The van der Waals surface area contributed by atoms with Gasteiger partial charge in [0.15, 0.2) is 5.76 Å². The lowest BCUT2D eigenvalue weighted by Crippen LogP contribution is -2.35.